The first-order valence-electron chi connectivity index (χ1n) is 6.32. The lowest BCUT2D eigenvalue weighted by Gasteiger charge is -2.09. The van der Waals surface area contributed by atoms with E-state index in [-0.39, 0.29) is 6.03 Å². The second kappa shape index (κ2) is 6.16. The van der Waals surface area contributed by atoms with Gasteiger partial charge in [0.2, 0.25) is 0 Å². The Balaban J connectivity index is 1.97. The Labute approximate surface area is 117 Å². The van der Waals surface area contributed by atoms with Crippen LogP contribution >= 0.6 is 0 Å². The van der Waals surface area contributed by atoms with Crippen molar-refractivity contribution in [2.24, 2.45) is 0 Å². The number of amides is 2. The molecule has 0 fully saturated rings. The van der Waals surface area contributed by atoms with E-state index in [0.29, 0.717) is 11.4 Å². The zero-order valence-electron chi connectivity index (χ0n) is 11.4. The highest BCUT2D eigenvalue weighted by Gasteiger charge is 2.04. The van der Waals surface area contributed by atoms with E-state index >= 15 is 0 Å². The van der Waals surface area contributed by atoms with Crippen LogP contribution < -0.4 is 10.6 Å². The summed E-state index contributed by atoms with van der Waals surface area (Å²) in [5, 5.41) is 14.8. The van der Waals surface area contributed by atoms with Crippen LogP contribution in [0.5, 0.6) is 0 Å². The zero-order valence-corrected chi connectivity index (χ0v) is 11.4. The number of pyridine rings is 1. The van der Waals surface area contributed by atoms with Gasteiger partial charge in [0.05, 0.1) is 18.0 Å². The molecule has 1 aromatic heterocycles. The molecule has 20 heavy (non-hydrogen) atoms. The molecule has 2 amide bonds. The Kier molecular flexibility index (Phi) is 4.32. The highest BCUT2D eigenvalue weighted by molar-refractivity contribution is 5.99. The van der Waals surface area contributed by atoms with E-state index in [1.54, 1.807) is 43.6 Å². The molecule has 0 aliphatic rings. The minimum Gasteiger partial charge on any atom is -0.389 e. The summed E-state index contributed by atoms with van der Waals surface area (Å²) in [5.41, 5.74) is 3.08. The van der Waals surface area contributed by atoms with E-state index in [1.165, 1.54) is 0 Å². The number of aryl methyl sites for hydroxylation is 1. The first kappa shape index (κ1) is 14.0. The SMILES string of the molecule is Cc1cncc(NC(=O)Nc2ccc(C(C)O)cc2)c1. The number of hydrogen-bond acceptors (Lipinski definition) is 3. The number of aliphatic hydroxyl groups excluding tert-OH is 1. The molecule has 0 bridgehead atoms. The molecule has 0 saturated carbocycles. The number of nitrogens with one attached hydrogen (secondary N) is 2. The van der Waals surface area contributed by atoms with Gasteiger partial charge in [0, 0.05) is 11.9 Å². The predicted molar refractivity (Wildman–Crippen MR) is 78.7 cm³/mol. The lowest BCUT2D eigenvalue weighted by molar-refractivity contribution is 0.199. The van der Waals surface area contributed by atoms with Crippen molar-refractivity contribution in [2.45, 2.75) is 20.0 Å². The molecule has 1 atom stereocenters. The van der Waals surface area contributed by atoms with Crippen molar-refractivity contribution in [3.8, 4) is 0 Å². The number of carbonyl (C=O) groups is 1. The fourth-order valence-corrected chi connectivity index (χ4v) is 1.76. The standard InChI is InChI=1S/C15H17N3O2/c1-10-7-14(9-16-8-10)18-15(20)17-13-5-3-12(4-6-13)11(2)19/h3-9,11,19H,1-2H3,(H2,17,18,20). The number of benzene rings is 1. The van der Waals surface area contributed by atoms with Crippen LogP contribution in [0.25, 0.3) is 0 Å². The molecule has 1 aromatic carbocycles. The van der Waals surface area contributed by atoms with Crippen molar-refractivity contribution in [1.29, 1.82) is 0 Å². The van der Waals surface area contributed by atoms with Gasteiger partial charge in [-0.2, -0.15) is 0 Å². The molecule has 1 unspecified atom stereocenters. The maximum absolute atomic E-state index is 11.8. The zero-order chi connectivity index (χ0) is 14.5. The third kappa shape index (κ3) is 3.80. The Bertz CT molecular complexity index is 594. The minimum atomic E-state index is -0.517. The molecule has 0 saturated heterocycles. The second-order valence-corrected chi connectivity index (χ2v) is 4.63. The molecular weight excluding hydrogens is 254 g/mol. The van der Waals surface area contributed by atoms with E-state index < -0.39 is 6.10 Å². The summed E-state index contributed by atoms with van der Waals surface area (Å²) in [5.74, 6) is 0. The van der Waals surface area contributed by atoms with Gasteiger partial charge in [-0.25, -0.2) is 4.79 Å². The third-order valence-electron chi connectivity index (χ3n) is 2.78. The number of carbonyl (C=O) groups excluding carboxylic acids is 1. The van der Waals surface area contributed by atoms with Crippen molar-refractivity contribution in [3.63, 3.8) is 0 Å². The van der Waals surface area contributed by atoms with Crippen LogP contribution in [0.4, 0.5) is 16.2 Å². The average molecular weight is 271 g/mol. The lowest BCUT2D eigenvalue weighted by atomic mass is 10.1. The molecule has 2 aromatic rings. The summed E-state index contributed by atoms with van der Waals surface area (Å²) in [6, 6.07) is 8.54. The van der Waals surface area contributed by atoms with E-state index in [2.05, 4.69) is 15.6 Å². The highest BCUT2D eigenvalue weighted by atomic mass is 16.3. The summed E-state index contributed by atoms with van der Waals surface area (Å²) in [7, 11) is 0. The van der Waals surface area contributed by atoms with Gasteiger partial charge in [-0.05, 0) is 43.2 Å². The van der Waals surface area contributed by atoms with Gasteiger partial charge in [0.15, 0.2) is 0 Å². The van der Waals surface area contributed by atoms with Crippen LogP contribution in [0, 0.1) is 6.92 Å². The van der Waals surface area contributed by atoms with E-state index in [0.717, 1.165) is 11.1 Å². The number of nitrogens with zero attached hydrogens (tertiary/aromatic N) is 1. The molecule has 0 radical (unpaired) electrons. The van der Waals surface area contributed by atoms with Gasteiger partial charge < -0.3 is 15.7 Å². The van der Waals surface area contributed by atoms with Crippen molar-refractivity contribution >= 4 is 17.4 Å². The number of aromatic nitrogens is 1. The van der Waals surface area contributed by atoms with Gasteiger partial charge in [-0.1, -0.05) is 12.1 Å². The Morgan fingerprint density at radius 1 is 1.15 bits per heavy atom. The van der Waals surface area contributed by atoms with Crippen LogP contribution in [-0.2, 0) is 0 Å². The molecule has 3 N–H and O–H groups in total. The summed E-state index contributed by atoms with van der Waals surface area (Å²) in [6.07, 6.45) is 2.79. The number of anilines is 2. The van der Waals surface area contributed by atoms with Crippen LogP contribution in [0.3, 0.4) is 0 Å². The minimum absolute atomic E-state index is 0.331. The van der Waals surface area contributed by atoms with Crippen LogP contribution in [0.15, 0.2) is 42.7 Å². The maximum atomic E-state index is 11.8. The number of aliphatic hydroxyl groups is 1. The van der Waals surface area contributed by atoms with Gasteiger partial charge in [0.25, 0.3) is 0 Å². The second-order valence-electron chi connectivity index (χ2n) is 4.63. The Morgan fingerprint density at radius 2 is 1.80 bits per heavy atom. The number of urea groups is 1. The van der Waals surface area contributed by atoms with Crippen molar-refractivity contribution in [2.75, 3.05) is 10.6 Å². The highest BCUT2D eigenvalue weighted by Crippen LogP contribution is 2.16. The van der Waals surface area contributed by atoms with Gasteiger partial charge in [-0.15, -0.1) is 0 Å². The molecule has 5 heteroatoms. The molecule has 104 valence electrons. The monoisotopic (exact) mass is 271 g/mol. The summed E-state index contributed by atoms with van der Waals surface area (Å²) in [4.78, 5) is 15.8. The molecule has 2 rings (SSSR count). The van der Waals surface area contributed by atoms with Crippen molar-refractivity contribution in [1.82, 2.24) is 4.98 Å². The van der Waals surface area contributed by atoms with Crippen molar-refractivity contribution < 1.29 is 9.90 Å². The summed E-state index contributed by atoms with van der Waals surface area (Å²) >= 11 is 0. The molecule has 5 nitrogen and oxygen atoms in total. The van der Waals surface area contributed by atoms with Gasteiger partial charge >= 0.3 is 6.03 Å². The average Bonchev–Trinajstić information content (AvgIpc) is 2.39. The predicted octanol–water partition coefficient (Wildman–Crippen LogP) is 3.09. The first-order valence-corrected chi connectivity index (χ1v) is 6.32. The van der Waals surface area contributed by atoms with Crippen LogP contribution in [0.1, 0.15) is 24.2 Å². The van der Waals surface area contributed by atoms with E-state index in [1.807, 2.05) is 13.0 Å². The Hall–Kier alpha value is -2.40. The van der Waals surface area contributed by atoms with Crippen LogP contribution in [-0.4, -0.2) is 16.1 Å². The third-order valence-corrected chi connectivity index (χ3v) is 2.78. The molecule has 0 aliphatic heterocycles. The van der Waals surface area contributed by atoms with Gasteiger partial charge in [0.1, 0.15) is 0 Å². The molecule has 0 spiro atoms. The molecule has 0 aliphatic carbocycles. The number of hydrogen-bond donors (Lipinski definition) is 3. The summed E-state index contributed by atoms with van der Waals surface area (Å²) < 4.78 is 0. The maximum Gasteiger partial charge on any atom is 0.323 e. The lowest BCUT2D eigenvalue weighted by Crippen LogP contribution is -2.19. The van der Waals surface area contributed by atoms with Crippen LogP contribution in [0.2, 0.25) is 0 Å². The fourth-order valence-electron chi connectivity index (χ4n) is 1.76. The smallest absolute Gasteiger partial charge is 0.323 e. The quantitative estimate of drug-likeness (QED) is 0.803. The molecule has 1 heterocycles. The van der Waals surface area contributed by atoms with Gasteiger partial charge in [-0.3, -0.25) is 4.98 Å². The topological polar surface area (TPSA) is 74.2 Å². The summed E-state index contributed by atoms with van der Waals surface area (Å²) in [6.45, 7) is 3.60. The van der Waals surface area contributed by atoms with E-state index in [4.69, 9.17) is 0 Å². The molecular formula is C15H17N3O2. The van der Waals surface area contributed by atoms with E-state index in [9.17, 15) is 9.90 Å². The Morgan fingerprint density at radius 3 is 2.40 bits per heavy atom. The first-order chi connectivity index (χ1) is 9.54. The largest absolute Gasteiger partial charge is 0.389 e. The normalized spacial score (nSPS) is 11.8. The van der Waals surface area contributed by atoms with Crippen molar-refractivity contribution in [3.05, 3.63) is 53.9 Å². The fraction of sp³-hybridized carbons (Fsp3) is 0.200. The number of rotatable bonds is 3.